The number of carbonyl (C=O) groups excluding carboxylic acids is 1. The van der Waals surface area contributed by atoms with Gasteiger partial charge in [-0.15, -0.1) is 0 Å². The summed E-state index contributed by atoms with van der Waals surface area (Å²) in [6, 6.07) is 18.4. The summed E-state index contributed by atoms with van der Waals surface area (Å²) in [5, 5.41) is 5.98. The van der Waals surface area contributed by atoms with Gasteiger partial charge < -0.3 is 5.32 Å². The maximum atomic E-state index is 12.2. The first-order chi connectivity index (χ1) is 13.7. The first kappa shape index (κ1) is 18.9. The average molecular weight is 395 g/mol. The highest BCUT2D eigenvalue weighted by Crippen LogP contribution is 2.20. The Morgan fingerprint density at radius 2 is 1.71 bits per heavy atom. The quantitative estimate of drug-likeness (QED) is 0.717. The minimum atomic E-state index is -0.0441. The summed E-state index contributed by atoms with van der Waals surface area (Å²) in [5.74, 6) is 0.487. The monoisotopic (exact) mass is 394 g/mol. The molecule has 0 aliphatic carbocycles. The molecule has 1 aliphatic heterocycles. The van der Waals surface area contributed by atoms with Crippen LogP contribution >= 0.6 is 11.6 Å². The van der Waals surface area contributed by atoms with Gasteiger partial charge in [0, 0.05) is 38.9 Å². The van der Waals surface area contributed by atoms with E-state index in [0.29, 0.717) is 17.4 Å². The Labute approximate surface area is 169 Å². The highest BCUT2D eigenvalue weighted by molar-refractivity contribution is 6.30. The predicted octanol–water partition coefficient (Wildman–Crippen LogP) is 3.64. The van der Waals surface area contributed by atoms with E-state index in [1.165, 1.54) is 22.5 Å². The molecule has 0 atom stereocenters. The fraction of sp³-hybridized carbons (Fsp3) is 0.273. The van der Waals surface area contributed by atoms with E-state index in [1.807, 2.05) is 0 Å². The van der Waals surface area contributed by atoms with E-state index in [0.717, 1.165) is 32.7 Å². The zero-order valence-corrected chi connectivity index (χ0v) is 16.4. The Bertz CT molecular complexity index is 947. The standard InChI is InChI=1S/C22H23ClN4O/c23-19-8-9-21(24-14-19)25-22(28)16-27-12-10-26(11-13-27)15-18-6-3-5-17-4-1-2-7-20(17)18/h1-9,14H,10-13,15-16H2,(H,24,25,28). The van der Waals surface area contributed by atoms with E-state index in [-0.39, 0.29) is 5.91 Å². The van der Waals surface area contributed by atoms with Crippen LogP contribution in [0.15, 0.2) is 60.8 Å². The van der Waals surface area contributed by atoms with Gasteiger partial charge in [0.2, 0.25) is 5.91 Å². The number of hydrogen-bond donors (Lipinski definition) is 1. The summed E-state index contributed by atoms with van der Waals surface area (Å²) < 4.78 is 0. The van der Waals surface area contributed by atoms with Gasteiger partial charge in [-0.1, -0.05) is 54.1 Å². The van der Waals surface area contributed by atoms with Crippen LogP contribution in [0.25, 0.3) is 10.8 Å². The Hall–Kier alpha value is -2.47. The van der Waals surface area contributed by atoms with Crippen molar-refractivity contribution in [2.75, 3.05) is 38.0 Å². The predicted molar refractivity (Wildman–Crippen MR) is 114 cm³/mol. The van der Waals surface area contributed by atoms with Crippen LogP contribution in [0.3, 0.4) is 0 Å². The molecule has 2 aromatic carbocycles. The number of fused-ring (bicyclic) bond motifs is 1. The second kappa shape index (κ2) is 8.69. The number of anilines is 1. The van der Waals surface area contributed by atoms with E-state index in [9.17, 15) is 4.79 Å². The van der Waals surface area contributed by atoms with E-state index in [2.05, 4.69) is 62.6 Å². The van der Waals surface area contributed by atoms with Crippen LogP contribution in [-0.2, 0) is 11.3 Å². The first-order valence-electron chi connectivity index (χ1n) is 9.50. The van der Waals surface area contributed by atoms with E-state index < -0.39 is 0 Å². The molecule has 0 unspecified atom stereocenters. The normalized spacial score (nSPS) is 15.6. The van der Waals surface area contributed by atoms with E-state index in [4.69, 9.17) is 11.6 Å². The number of piperazine rings is 1. The molecule has 1 saturated heterocycles. The maximum Gasteiger partial charge on any atom is 0.239 e. The number of pyridine rings is 1. The Morgan fingerprint density at radius 3 is 2.50 bits per heavy atom. The molecule has 0 radical (unpaired) electrons. The molecule has 3 aromatic rings. The largest absolute Gasteiger partial charge is 0.310 e. The summed E-state index contributed by atoms with van der Waals surface area (Å²) in [4.78, 5) is 21.0. The van der Waals surface area contributed by atoms with E-state index >= 15 is 0 Å². The molecule has 28 heavy (non-hydrogen) atoms. The molecule has 0 bridgehead atoms. The van der Waals surface area contributed by atoms with Gasteiger partial charge in [-0.3, -0.25) is 14.6 Å². The lowest BCUT2D eigenvalue weighted by Crippen LogP contribution is -2.48. The van der Waals surface area contributed by atoms with Crippen molar-refractivity contribution < 1.29 is 4.79 Å². The topological polar surface area (TPSA) is 48.5 Å². The Morgan fingerprint density at radius 1 is 0.964 bits per heavy atom. The minimum absolute atomic E-state index is 0.0441. The number of amides is 1. The molecule has 1 N–H and O–H groups in total. The lowest BCUT2D eigenvalue weighted by molar-refractivity contribution is -0.117. The zero-order chi connectivity index (χ0) is 19.3. The number of carbonyl (C=O) groups is 1. The lowest BCUT2D eigenvalue weighted by atomic mass is 10.0. The van der Waals surface area contributed by atoms with Crippen molar-refractivity contribution in [1.82, 2.24) is 14.8 Å². The van der Waals surface area contributed by atoms with Gasteiger partial charge in [0.1, 0.15) is 5.82 Å². The van der Waals surface area contributed by atoms with Gasteiger partial charge >= 0.3 is 0 Å². The van der Waals surface area contributed by atoms with Crippen molar-refractivity contribution in [3.8, 4) is 0 Å². The molecule has 2 heterocycles. The number of halogens is 1. The van der Waals surface area contributed by atoms with Crippen LogP contribution in [0.1, 0.15) is 5.56 Å². The van der Waals surface area contributed by atoms with Crippen molar-refractivity contribution in [2.24, 2.45) is 0 Å². The van der Waals surface area contributed by atoms with Crippen molar-refractivity contribution in [1.29, 1.82) is 0 Å². The van der Waals surface area contributed by atoms with Crippen LogP contribution in [0.5, 0.6) is 0 Å². The second-order valence-corrected chi connectivity index (χ2v) is 7.54. The average Bonchev–Trinajstić information content (AvgIpc) is 2.71. The highest BCUT2D eigenvalue weighted by atomic mass is 35.5. The molecule has 0 spiro atoms. The van der Waals surface area contributed by atoms with Crippen molar-refractivity contribution in [2.45, 2.75) is 6.54 Å². The van der Waals surface area contributed by atoms with Crippen LogP contribution in [0, 0.1) is 0 Å². The third-order valence-electron chi connectivity index (χ3n) is 5.10. The van der Waals surface area contributed by atoms with Gasteiger partial charge in [-0.25, -0.2) is 4.98 Å². The molecule has 5 nitrogen and oxygen atoms in total. The summed E-state index contributed by atoms with van der Waals surface area (Å²) >= 11 is 5.82. The third-order valence-corrected chi connectivity index (χ3v) is 5.32. The van der Waals surface area contributed by atoms with Gasteiger partial charge in [0.15, 0.2) is 0 Å². The van der Waals surface area contributed by atoms with Gasteiger partial charge in [-0.05, 0) is 28.5 Å². The Balaban J connectivity index is 1.28. The van der Waals surface area contributed by atoms with E-state index in [1.54, 1.807) is 12.1 Å². The third kappa shape index (κ3) is 4.68. The van der Waals surface area contributed by atoms with Crippen molar-refractivity contribution in [3.05, 3.63) is 71.4 Å². The number of nitrogens with one attached hydrogen (secondary N) is 1. The SMILES string of the molecule is O=C(CN1CCN(Cc2cccc3ccccc23)CC1)Nc1ccc(Cl)cn1. The molecule has 1 aliphatic rings. The molecule has 144 valence electrons. The minimum Gasteiger partial charge on any atom is -0.310 e. The summed E-state index contributed by atoms with van der Waals surface area (Å²) in [6.45, 7) is 4.99. The smallest absolute Gasteiger partial charge is 0.239 e. The van der Waals surface area contributed by atoms with Crippen molar-refractivity contribution >= 4 is 34.1 Å². The molecule has 1 fully saturated rings. The number of benzene rings is 2. The highest BCUT2D eigenvalue weighted by Gasteiger charge is 2.19. The number of aromatic nitrogens is 1. The number of hydrogen-bond acceptors (Lipinski definition) is 4. The molecular formula is C22H23ClN4O. The molecule has 6 heteroatoms. The van der Waals surface area contributed by atoms with Gasteiger partial charge in [0.25, 0.3) is 0 Å². The fourth-order valence-electron chi connectivity index (χ4n) is 3.61. The fourth-order valence-corrected chi connectivity index (χ4v) is 3.72. The summed E-state index contributed by atoms with van der Waals surface area (Å²) in [5.41, 5.74) is 1.36. The van der Waals surface area contributed by atoms with Gasteiger partial charge in [0.05, 0.1) is 11.6 Å². The number of nitrogens with zero attached hydrogens (tertiary/aromatic N) is 3. The molecular weight excluding hydrogens is 372 g/mol. The Kier molecular flexibility index (Phi) is 5.86. The van der Waals surface area contributed by atoms with Crippen molar-refractivity contribution in [3.63, 3.8) is 0 Å². The zero-order valence-electron chi connectivity index (χ0n) is 15.6. The molecule has 0 saturated carbocycles. The summed E-state index contributed by atoms with van der Waals surface area (Å²) in [7, 11) is 0. The van der Waals surface area contributed by atoms with Crippen LogP contribution in [0.2, 0.25) is 5.02 Å². The van der Waals surface area contributed by atoms with Crippen LogP contribution < -0.4 is 5.32 Å². The maximum absolute atomic E-state index is 12.2. The molecule has 1 aromatic heterocycles. The second-order valence-electron chi connectivity index (χ2n) is 7.10. The molecule has 4 rings (SSSR count). The lowest BCUT2D eigenvalue weighted by Gasteiger charge is -2.34. The molecule has 1 amide bonds. The summed E-state index contributed by atoms with van der Waals surface area (Å²) in [6.07, 6.45) is 1.53. The van der Waals surface area contributed by atoms with Crippen LogP contribution in [-0.4, -0.2) is 53.4 Å². The van der Waals surface area contributed by atoms with Crippen LogP contribution in [0.4, 0.5) is 5.82 Å². The number of rotatable bonds is 5. The van der Waals surface area contributed by atoms with Gasteiger partial charge in [-0.2, -0.15) is 0 Å². The first-order valence-corrected chi connectivity index (χ1v) is 9.88.